The second kappa shape index (κ2) is 6.21. The van der Waals surface area contributed by atoms with Gasteiger partial charge in [0.2, 0.25) is 0 Å². The Balaban J connectivity index is 2.53. The van der Waals surface area contributed by atoms with Crippen LogP contribution in [0.25, 0.3) is 0 Å². The highest BCUT2D eigenvalue weighted by atomic mass is 16.4. The Kier molecular flexibility index (Phi) is 5.22. The Labute approximate surface area is 97.8 Å². The fourth-order valence-corrected chi connectivity index (χ4v) is 2.56. The molecule has 0 aliphatic heterocycles. The van der Waals surface area contributed by atoms with E-state index in [9.17, 15) is 4.79 Å². The van der Waals surface area contributed by atoms with Crippen LogP contribution in [0.2, 0.25) is 0 Å². The van der Waals surface area contributed by atoms with E-state index in [1.807, 2.05) is 11.9 Å². The summed E-state index contributed by atoms with van der Waals surface area (Å²) in [4.78, 5) is 13.2. The first-order valence-corrected chi connectivity index (χ1v) is 6.21. The van der Waals surface area contributed by atoms with Gasteiger partial charge in [-0.05, 0) is 51.6 Å². The molecule has 0 amide bonds. The summed E-state index contributed by atoms with van der Waals surface area (Å²) in [6.07, 6.45) is 5.20. The third kappa shape index (κ3) is 3.46. The molecular weight excluding hydrogens is 204 g/mol. The van der Waals surface area contributed by atoms with Crippen molar-refractivity contribution < 1.29 is 9.90 Å². The summed E-state index contributed by atoms with van der Waals surface area (Å²) in [5.41, 5.74) is 5.47. The number of aliphatic carboxylic acids is 1. The molecule has 0 spiro atoms. The van der Waals surface area contributed by atoms with E-state index in [2.05, 4.69) is 6.92 Å². The van der Waals surface area contributed by atoms with E-state index in [0.717, 1.165) is 18.8 Å². The molecule has 1 saturated carbocycles. The fourth-order valence-electron chi connectivity index (χ4n) is 2.56. The van der Waals surface area contributed by atoms with Gasteiger partial charge in [-0.25, -0.2) is 0 Å². The average molecular weight is 228 g/mol. The number of nitrogens with two attached hydrogens (primary N) is 1. The molecule has 0 aromatic carbocycles. The second-order valence-electron chi connectivity index (χ2n) is 5.01. The zero-order valence-electron chi connectivity index (χ0n) is 10.4. The van der Waals surface area contributed by atoms with Crippen molar-refractivity contribution in [3.05, 3.63) is 0 Å². The Hall–Kier alpha value is -0.610. The predicted octanol–water partition coefficient (Wildman–Crippen LogP) is 1.30. The van der Waals surface area contributed by atoms with Crippen LogP contribution < -0.4 is 5.73 Å². The van der Waals surface area contributed by atoms with E-state index < -0.39 is 12.0 Å². The molecular formula is C12H24N2O2. The van der Waals surface area contributed by atoms with Gasteiger partial charge in [0.25, 0.3) is 0 Å². The molecule has 1 rings (SSSR count). The molecule has 16 heavy (non-hydrogen) atoms. The van der Waals surface area contributed by atoms with Crippen LogP contribution in [0.5, 0.6) is 0 Å². The molecule has 0 aromatic rings. The summed E-state index contributed by atoms with van der Waals surface area (Å²) >= 11 is 0. The lowest BCUT2D eigenvalue weighted by atomic mass is 9.86. The smallest absolute Gasteiger partial charge is 0.320 e. The van der Waals surface area contributed by atoms with Gasteiger partial charge in [0, 0.05) is 6.04 Å². The van der Waals surface area contributed by atoms with Crippen LogP contribution in [0.3, 0.4) is 0 Å². The first-order valence-electron chi connectivity index (χ1n) is 6.21. The molecule has 1 atom stereocenters. The molecule has 4 nitrogen and oxygen atoms in total. The third-order valence-electron chi connectivity index (χ3n) is 3.78. The number of rotatable bonds is 5. The fraction of sp³-hybridized carbons (Fsp3) is 0.917. The highest BCUT2D eigenvalue weighted by molar-refractivity contribution is 5.73. The van der Waals surface area contributed by atoms with Crippen molar-refractivity contribution in [1.82, 2.24) is 4.90 Å². The second-order valence-corrected chi connectivity index (χ2v) is 5.01. The molecule has 0 heterocycles. The van der Waals surface area contributed by atoms with Gasteiger partial charge < -0.3 is 10.8 Å². The number of carbonyl (C=O) groups is 1. The lowest BCUT2D eigenvalue weighted by Crippen LogP contribution is -2.47. The first-order chi connectivity index (χ1) is 7.56. The molecule has 1 aliphatic rings. The summed E-state index contributed by atoms with van der Waals surface area (Å²) in [7, 11) is 1.93. The summed E-state index contributed by atoms with van der Waals surface area (Å²) in [6.45, 7) is 2.70. The maximum atomic E-state index is 11.1. The van der Waals surface area contributed by atoms with Crippen LogP contribution in [0.1, 0.15) is 39.0 Å². The van der Waals surface area contributed by atoms with Gasteiger partial charge in [-0.3, -0.25) is 9.69 Å². The molecule has 4 heteroatoms. The highest BCUT2D eigenvalue weighted by Gasteiger charge is 2.29. The lowest BCUT2D eigenvalue weighted by molar-refractivity contribution is -0.144. The number of likely N-dealkylation sites (N-methyl/N-ethyl adjacent to an activating group) is 1. The van der Waals surface area contributed by atoms with Crippen molar-refractivity contribution in [2.24, 2.45) is 11.7 Å². The van der Waals surface area contributed by atoms with Crippen molar-refractivity contribution in [3.8, 4) is 0 Å². The van der Waals surface area contributed by atoms with E-state index >= 15 is 0 Å². The van der Waals surface area contributed by atoms with Gasteiger partial charge in [0.15, 0.2) is 0 Å². The molecule has 94 valence electrons. The zero-order chi connectivity index (χ0) is 12.1. The van der Waals surface area contributed by atoms with Gasteiger partial charge >= 0.3 is 5.97 Å². The minimum Gasteiger partial charge on any atom is -0.480 e. The number of hydrogen-bond donors (Lipinski definition) is 2. The maximum Gasteiger partial charge on any atom is 0.320 e. The van der Waals surface area contributed by atoms with Gasteiger partial charge in [-0.15, -0.1) is 0 Å². The number of nitrogens with zero attached hydrogens (tertiary/aromatic N) is 1. The molecule has 0 bridgehead atoms. The molecule has 0 radical (unpaired) electrons. The molecule has 1 unspecified atom stereocenters. The average Bonchev–Trinajstić information content (AvgIpc) is 2.25. The normalized spacial score (nSPS) is 28.0. The molecule has 3 N–H and O–H groups in total. The van der Waals surface area contributed by atoms with E-state index in [1.54, 1.807) is 0 Å². The Bertz CT molecular complexity index is 225. The van der Waals surface area contributed by atoms with E-state index in [1.165, 1.54) is 12.8 Å². The Morgan fingerprint density at radius 3 is 2.44 bits per heavy atom. The van der Waals surface area contributed by atoms with Gasteiger partial charge in [-0.2, -0.15) is 0 Å². The SMILES string of the molecule is CC1CCC(N(C)C(CCN)C(=O)O)CC1. The Morgan fingerprint density at radius 1 is 1.44 bits per heavy atom. The first kappa shape index (κ1) is 13.5. The van der Waals surface area contributed by atoms with Crippen molar-refractivity contribution >= 4 is 5.97 Å². The van der Waals surface area contributed by atoms with Gasteiger partial charge in [-0.1, -0.05) is 6.92 Å². The van der Waals surface area contributed by atoms with Crippen molar-refractivity contribution in [2.75, 3.05) is 13.6 Å². The number of carboxylic acids is 1. The van der Waals surface area contributed by atoms with Crippen LogP contribution in [0, 0.1) is 5.92 Å². The molecule has 0 saturated heterocycles. The highest BCUT2D eigenvalue weighted by Crippen LogP contribution is 2.27. The van der Waals surface area contributed by atoms with Crippen molar-refractivity contribution in [3.63, 3.8) is 0 Å². The van der Waals surface area contributed by atoms with Gasteiger partial charge in [0.1, 0.15) is 6.04 Å². The molecule has 1 fully saturated rings. The topological polar surface area (TPSA) is 66.6 Å². The molecule has 0 aromatic heterocycles. The van der Waals surface area contributed by atoms with E-state index in [0.29, 0.717) is 19.0 Å². The number of hydrogen-bond acceptors (Lipinski definition) is 3. The summed E-state index contributed by atoms with van der Waals surface area (Å²) in [5.74, 6) is 0.0500. The van der Waals surface area contributed by atoms with E-state index in [-0.39, 0.29) is 0 Å². The van der Waals surface area contributed by atoms with Crippen LogP contribution in [-0.4, -0.2) is 41.7 Å². The Morgan fingerprint density at radius 2 is 2.00 bits per heavy atom. The van der Waals surface area contributed by atoms with Crippen LogP contribution in [0.15, 0.2) is 0 Å². The van der Waals surface area contributed by atoms with Crippen molar-refractivity contribution in [2.45, 2.75) is 51.1 Å². The van der Waals surface area contributed by atoms with Crippen LogP contribution in [0.4, 0.5) is 0 Å². The number of carboxylic acid groups (broad SMARTS) is 1. The minimum atomic E-state index is -0.744. The summed E-state index contributed by atoms with van der Waals surface area (Å²) in [5, 5.41) is 9.16. The predicted molar refractivity (Wildman–Crippen MR) is 64.3 cm³/mol. The van der Waals surface area contributed by atoms with E-state index in [4.69, 9.17) is 10.8 Å². The van der Waals surface area contributed by atoms with Crippen molar-refractivity contribution in [1.29, 1.82) is 0 Å². The zero-order valence-corrected chi connectivity index (χ0v) is 10.4. The summed E-state index contributed by atoms with van der Waals surface area (Å²) in [6, 6.07) is 0.00672. The molecule has 1 aliphatic carbocycles. The lowest BCUT2D eigenvalue weighted by Gasteiger charge is -2.36. The minimum absolute atomic E-state index is 0.414. The van der Waals surface area contributed by atoms with Crippen LogP contribution >= 0.6 is 0 Å². The third-order valence-corrected chi connectivity index (χ3v) is 3.78. The van der Waals surface area contributed by atoms with Crippen LogP contribution in [-0.2, 0) is 4.79 Å². The summed E-state index contributed by atoms with van der Waals surface area (Å²) < 4.78 is 0. The monoisotopic (exact) mass is 228 g/mol. The quantitative estimate of drug-likeness (QED) is 0.744. The largest absolute Gasteiger partial charge is 0.480 e. The van der Waals surface area contributed by atoms with Gasteiger partial charge in [0.05, 0.1) is 0 Å². The maximum absolute atomic E-state index is 11.1. The standard InChI is InChI=1S/C12H24N2O2/c1-9-3-5-10(6-4-9)14(2)11(7-8-13)12(15)16/h9-11H,3-8,13H2,1-2H3,(H,15,16).